The van der Waals surface area contributed by atoms with Crippen molar-refractivity contribution in [1.29, 1.82) is 0 Å². The van der Waals surface area contributed by atoms with Gasteiger partial charge in [0.15, 0.2) is 5.65 Å². The predicted octanol–water partition coefficient (Wildman–Crippen LogP) is 1.79. The molecule has 0 amide bonds. The fourth-order valence-corrected chi connectivity index (χ4v) is 2.32. The second-order valence-electron chi connectivity index (χ2n) is 1.77. The van der Waals surface area contributed by atoms with E-state index in [9.17, 15) is 0 Å². The second kappa shape index (κ2) is 2.17. The van der Waals surface area contributed by atoms with Gasteiger partial charge in [-0.25, -0.2) is 4.98 Å². The van der Waals surface area contributed by atoms with Gasteiger partial charge in [-0.2, -0.15) is 4.37 Å². The van der Waals surface area contributed by atoms with Gasteiger partial charge in [0.1, 0.15) is 9.70 Å². The van der Waals surface area contributed by atoms with Gasteiger partial charge in [-0.05, 0) is 11.5 Å². The Bertz CT molecular complexity index is 337. The SMILES string of the molecule is CNc1snc2ncsc12. The van der Waals surface area contributed by atoms with Crippen molar-refractivity contribution >= 4 is 38.2 Å². The van der Waals surface area contributed by atoms with E-state index in [0.29, 0.717) is 0 Å². The summed E-state index contributed by atoms with van der Waals surface area (Å²) < 4.78 is 5.29. The summed E-state index contributed by atoms with van der Waals surface area (Å²) in [6.45, 7) is 0. The maximum Gasteiger partial charge on any atom is 0.185 e. The van der Waals surface area contributed by atoms with E-state index in [1.165, 1.54) is 11.5 Å². The first-order valence-electron chi connectivity index (χ1n) is 2.78. The summed E-state index contributed by atoms with van der Waals surface area (Å²) in [7, 11) is 1.90. The molecule has 0 atom stereocenters. The van der Waals surface area contributed by atoms with Crippen molar-refractivity contribution in [3.63, 3.8) is 0 Å². The average molecular weight is 171 g/mol. The third kappa shape index (κ3) is 0.708. The zero-order valence-electron chi connectivity index (χ0n) is 5.29. The topological polar surface area (TPSA) is 37.8 Å². The highest BCUT2D eigenvalue weighted by Gasteiger charge is 2.04. The van der Waals surface area contributed by atoms with Crippen molar-refractivity contribution < 1.29 is 0 Å². The van der Waals surface area contributed by atoms with Gasteiger partial charge in [-0.1, -0.05) is 0 Å². The minimum absolute atomic E-state index is 0.861. The Kier molecular flexibility index (Phi) is 1.32. The Labute approximate surface area is 65.9 Å². The highest BCUT2D eigenvalue weighted by molar-refractivity contribution is 7.23. The predicted molar refractivity (Wildman–Crippen MR) is 44.8 cm³/mol. The Morgan fingerprint density at radius 1 is 1.60 bits per heavy atom. The molecule has 0 unspecified atom stereocenters. The van der Waals surface area contributed by atoms with Crippen molar-refractivity contribution in [2.75, 3.05) is 12.4 Å². The van der Waals surface area contributed by atoms with Crippen molar-refractivity contribution in [1.82, 2.24) is 9.36 Å². The number of nitrogens with one attached hydrogen (secondary N) is 1. The molecule has 0 saturated heterocycles. The summed E-state index contributed by atoms with van der Waals surface area (Å²) in [5.41, 5.74) is 2.67. The molecule has 0 aromatic carbocycles. The average Bonchev–Trinajstić information content (AvgIpc) is 2.44. The molecule has 5 heteroatoms. The summed E-state index contributed by atoms with van der Waals surface area (Å²) in [5, 5.41) is 4.17. The highest BCUT2D eigenvalue weighted by Crippen LogP contribution is 2.29. The van der Waals surface area contributed by atoms with Gasteiger partial charge in [-0.15, -0.1) is 11.3 Å². The number of rotatable bonds is 1. The molecule has 2 aromatic heterocycles. The zero-order chi connectivity index (χ0) is 6.97. The van der Waals surface area contributed by atoms with Crippen LogP contribution in [-0.4, -0.2) is 16.4 Å². The van der Waals surface area contributed by atoms with E-state index >= 15 is 0 Å². The molecule has 0 aliphatic heterocycles. The van der Waals surface area contributed by atoms with Gasteiger partial charge < -0.3 is 5.32 Å². The van der Waals surface area contributed by atoms with Gasteiger partial charge in [0.05, 0.1) is 5.51 Å². The highest BCUT2D eigenvalue weighted by atomic mass is 32.1. The lowest BCUT2D eigenvalue weighted by Crippen LogP contribution is -1.80. The third-order valence-electron chi connectivity index (χ3n) is 1.21. The van der Waals surface area contributed by atoms with Crippen LogP contribution in [0.25, 0.3) is 10.3 Å². The molecule has 0 aliphatic rings. The van der Waals surface area contributed by atoms with Gasteiger partial charge in [0, 0.05) is 7.05 Å². The zero-order valence-corrected chi connectivity index (χ0v) is 6.92. The fraction of sp³-hybridized carbons (Fsp3) is 0.200. The molecule has 2 aromatic rings. The first-order chi connectivity index (χ1) is 4.92. The number of fused-ring (bicyclic) bond motifs is 1. The number of hydrogen-bond acceptors (Lipinski definition) is 5. The Morgan fingerprint density at radius 2 is 2.50 bits per heavy atom. The van der Waals surface area contributed by atoms with Crippen LogP contribution in [0.4, 0.5) is 5.00 Å². The van der Waals surface area contributed by atoms with E-state index in [1.807, 2.05) is 12.6 Å². The van der Waals surface area contributed by atoms with Gasteiger partial charge >= 0.3 is 0 Å². The molecular formula is C5H5N3S2. The van der Waals surface area contributed by atoms with Crippen LogP contribution in [0.2, 0.25) is 0 Å². The number of nitrogens with zero attached hydrogens (tertiary/aromatic N) is 2. The monoisotopic (exact) mass is 171 g/mol. The normalized spacial score (nSPS) is 10.5. The van der Waals surface area contributed by atoms with Gasteiger partial charge in [0.25, 0.3) is 0 Å². The number of aromatic nitrogens is 2. The van der Waals surface area contributed by atoms with Crippen LogP contribution < -0.4 is 5.32 Å². The maximum atomic E-state index is 4.13. The van der Waals surface area contributed by atoms with E-state index < -0.39 is 0 Å². The first-order valence-corrected chi connectivity index (χ1v) is 4.43. The molecule has 2 rings (SSSR count). The fourth-order valence-electron chi connectivity index (χ4n) is 0.750. The standard InChI is InChI=1S/C5H5N3S2/c1-6-5-3-4(8-10-5)7-2-9-3/h2,6H,1H3. The molecule has 0 fully saturated rings. The van der Waals surface area contributed by atoms with E-state index in [4.69, 9.17) is 0 Å². The largest absolute Gasteiger partial charge is 0.378 e. The molecule has 0 aliphatic carbocycles. The first kappa shape index (κ1) is 6.06. The lowest BCUT2D eigenvalue weighted by Gasteiger charge is -1.87. The van der Waals surface area contributed by atoms with Crippen LogP contribution in [0.1, 0.15) is 0 Å². The minimum atomic E-state index is 0.861. The van der Waals surface area contributed by atoms with E-state index in [0.717, 1.165) is 15.3 Å². The Balaban J connectivity index is 2.76. The Hall–Kier alpha value is -0.680. The molecule has 2 heterocycles. The molecule has 1 N–H and O–H groups in total. The van der Waals surface area contributed by atoms with Crippen molar-refractivity contribution in [3.05, 3.63) is 5.51 Å². The van der Waals surface area contributed by atoms with Crippen LogP contribution in [0.15, 0.2) is 5.51 Å². The molecule has 10 heavy (non-hydrogen) atoms. The third-order valence-corrected chi connectivity index (χ3v) is 3.02. The quantitative estimate of drug-likeness (QED) is 0.711. The molecular weight excluding hydrogens is 166 g/mol. The number of thiazole rings is 1. The molecule has 0 bridgehead atoms. The maximum absolute atomic E-state index is 4.13. The van der Waals surface area contributed by atoms with Crippen LogP contribution in [-0.2, 0) is 0 Å². The van der Waals surface area contributed by atoms with E-state index in [2.05, 4.69) is 14.7 Å². The molecule has 52 valence electrons. The van der Waals surface area contributed by atoms with Crippen LogP contribution in [0.3, 0.4) is 0 Å². The lowest BCUT2D eigenvalue weighted by atomic mass is 10.6. The lowest BCUT2D eigenvalue weighted by molar-refractivity contribution is 1.44. The smallest absolute Gasteiger partial charge is 0.185 e. The molecule has 0 saturated carbocycles. The van der Waals surface area contributed by atoms with Crippen molar-refractivity contribution in [3.8, 4) is 0 Å². The second-order valence-corrected chi connectivity index (χ2v) is 3.39. The summed E-state index contributed by atoms with van der Waals surface area (Å²) in [4.78, 5) is 4.07. The minimum Gasteiger partial charge on any atom is -0.378 e. The van der Waals surface area contributed by atoms with Gasteiger partial charge in [0.2, 0.25) is 0 Å². The molecule has 0 radical (unpaired) electrons. The van der Waals surface area contributed by atoms with Crippen molar-refractivity contribution in [2.45, 2.75) is 0 Å². The summed E-state index contributed by atoms with van der Waals surface area (Å²) >= 11 is 3.08. The number of hydrogen-bond donors (Lipinski definition) is 1. The van der Waals surface area contributed by atoms with Gasteiger partial charge in [-0.3, -0.25) is 0 Å². The van der Waals surface area contributed by atoms with Crippen LogP contribution >= 0.6 is 22.9 Å². The van der Waals surface area contributed by atoms with Crippen molar-refractivity contribution in [2.24, 2.45) is 0 Å². The molecule has 3 nitrogen and oxygen atoms in total. The summed E-state index contributed by atoms with van der Waals surface area (Å²) in [5.74, 6) is 0. The van der Waals surface area contributed by atoms with E-state index in [-0.39, 0.29) is 0 Å². The summed E-state index contributed by atoms with van der Waals surface area (Å²) in [6, 6.07) is 0. The Morgan fingerprint density at radius 3 is 3.30 bits per heavy atom. The number of anilines is 1. The van der Waals surface area contributed by atoms with E-state index in [1.54, 1.807) is 11.3 Å². The van der Waals surface area contributed by atoms with Crippen LogP contribution in [0.5, 0.6) is 0 Å². The summed E-state index contributed by atoms with van der Waals surface area (Å²) in [6.07, 6.45) is 0. The van der Waals surface area contributed by atoms with Crippen LogP contribution in [0, 0.1) is 0 Å². The molecule has 0 spiro atoms.